The molecular formula is C18H17ClN2O2. The van der Waals surface area contributed by atoms with E-state index in [0.717, 1.165) is 11.3 Å². The number of terminal acetylenes is 1. The molecule has 23 heavy (non-hydrogen) atoms. The van der Waals surface area contributed by atoms with Crippen LogP contribution in [0.25, 0.3) is 0 Å². The average Bonchev–Trinajstić information content (AvgIpc) is 2.55. The summed E-state index contributed by atoms with van der Waals surface area (Å²) in [6.07, 6.45) is 6.84. The second-order valence-electron chi connectivity index (χ2n) is 4.76. The number of aryl methyl sites for hydroxylation is 1. The summed E-state index contributed by atoms with van der Waals surface area (Å²) in [5.74, 6) is 3.32. The quantitative estimate of drug-likeness (QED) is 0.493. The molecule has 0 unspecified atom stereocenters. The Labute approximate surface area is 141 Å². The second-order valence-corrected chi connectivity index (χ2v) is 5.17. The second kappa shape index (κ2) is 8.11. The first kappa shape index (κ1) is 16.7. The molecule has 5 heteroatoms. The lowest BCUT2D eigenvalue weighted by molar-refractivity contribution is 0.331. The highest BCUT2D eigenvalue weighted by atomic mass is 35.5. The standard InChI is InChI=1S/C18H17ClN2O2/c1-4-9-23-18-16(19)10-14(11-17(18)22-3)12-20-21-15-7-5-13(2)6-8-15/h1,5-8,10-12,21H,9H2,2-3H3/b20-12-. The van der Waals surface area contributed by atoms with Gasteiger partial charge in [0.2, 0.25) is 0 Å². The number of hydrogen-bond acceptors (Lipinski definition) is 4. The maximum Gasteiger partial charge on any atom is 0.181 e. The SMILES string of the molecule is C#CCOc1c(Cl)cc(/C=N\Nc2ccc(C)cc2)cc1OC. The number of ether oxygens (including phenoxy) is 2. The number of hydrazone groups is 1. The molecule has 1 N–H and O–H groups in total. The zero-order chi connectivity index (χ0) is 16.7. The van der Waals surface area contributed by atoms with E-state index in [9.17, 15) is 0 Å². The largest absolute Gasteiger partial charge is 0.493 e. The van der Waals surface area contributed by atoms with Gasteiger partial charge in [-0.2, -0.15) is 5.10 Å². The molecule has 0 bridgehead atoms. The summed E-state index contributed by atoms with van der Waals surface area (Å²) in [5.41, 5.74) is 5.83. The predicted octanol–water partition coefficient (Wildman–Crippen LogP) is 4.12. The van der Waals surface area contributed by atoms with Crippen molar-refractivity contribution in [2.75, 3.05) is 19.1 Å². The first-order valence-electron chi connectivity index (χ1n) is 6.93. The lowest BCUT2D eigenvalue weighted by atomic mass is 10.2. The van der Waals surface area contributed by atoms with Gasteiger partial charge in [0.05, 0.1) is 24.0 Å². The molecule has 0 spiro atoms. The summed E-state index contributed by atoms with van der Waals surface area (Å²) in [5, 5.41) is 4.60. The first-order chi connectivity index (χ1) is 11.1. The zero-order valence-electron chi connectivity index (χ0n) is 13.0. The molecule has 0 aromatic heterocycles. The van der Waals surface area contributed by atoms with E-state index in [1.807, 2.05) is 31.2 Å². The van der Waals surface area contributed by atoms with Crippen LogP contribution in [0.4, 0.5) is 5.69 Å². The van der Waals surface area contributed by atoms with Gasteiger partial charge in [-0.15, -0.1) is 6.42 Å². The van der Waals surface area contributed by atoms with Crippen molar-refractivity contribution in [2.45, 2.75) is 6.92 Å². The zero-order valence-corrected chi connectivity index (χ0v) is 13.7. The number of halogens is 1. The molecule has 0 aliphatic carbocycles. The molecule has 0 radical (unpaired) electrons. The van der Waals surface area contributed by atoms with Crippen molar-refractivity contribution >= 4 is 23.5 Å². The molecular weight excluding hydrogens is 312 g/mol. The Balaban J connectivity index is 2.13. The summed E-state index contributed by atoms with van der Waals surface area (Å²) in [4.78, 5) is 0. The van der Waals surface area contributed by atoms with Gasteiger partial charge in [-0.3, -0.25) is 5.43 Å². The molecule has 118 valence electrons. The predicted molar refractivity (Wildman–Crippen MR) is 94.7 cm³/mol. The van der Waals surface area contributed by atoms with Crippen molar-refractivity contribution in [3.63, 3.8) is 0 Å². The number of rotatable bonds is 6. The minimum Gasteiger partial charge on any atom is -0.493 e. The molecule has 0 saturated heterocycles. The van der Waals surface area contributed by atoms with Gasteiger partial charge >= 0.3 is 0 Å². The van der Waals surface area contributed by atoms with E-state index in [-0.39, 0.29) is 6.61 Å². The van der Waals surface area contributed by atoms with Crippen molar-refractivity contribution in [3.8, 4) is 23.8 Å². The van der Waals surface area contributed by atoms with Crippen LogP contribution in [-0.2, 0) is 0 Å². The Morgan fingerprint density at radius 3 is 2.70 bits per heavy atom. The molecule has 2 aromatic carbocycles. The number of hydrogen-bond donors (Lipinski definition) is 1. The van der Waals surface area contributed by atoms with E-state index in [1.165, 1.54) is 5.56 Å². The monoisotopic (exact) mass is 328 g/mol. The van der Waals surface area contributed by atoms with Crippen LogP contribution in [0.5, 0.6) is 11.5 Å². The van der Waals surface area contributed by atoms with Crippen LogP contribution in [0.2, 0.25) is 5.02 Å². The van der Waals surface area contributed by atoms with E-state index in [1.54, 1.807) is 25.5 Å². The Morgan fingerprint density at radius 1 is 1.30 bits per heavy atom. The summed E-state index contributed by atoms with van der Waals surface area (Å²) in [7, 11) is 1.54. The topological polar surface area (TPSA) is 42.8 Å². The summed E-state index contributed by atoms with van der Waals surface area (Å²) >= 11 is 6.21. The number of nitrogens with zero attached hydrogens (tertiary/aromatic N) is 1. The van der Waals surface area contributed by atoms with E-state index >= 15 is 0 Å². The van der Waals surface area contributed by atoms with E-state index in [0.29, 0.717) is 16.5 Å². The van der Waals surface area contributed by atoms with Gasteiger partial charge in [-0.25, -0.2) is 0 Å². The number of methoxy groups -OCH3 is 1. The minimum atomic E-state index is 0.124. The van der Waals surface area contributed by atoms with E-state index in [4.69, 9.17) is 27.5 Å². The Bertz CT molecular complexity index is 734. The highest BCUT2D eigenvalue weighted by Crippen LogP contribution is 2.35. The maximum atomic E-state index is 6.21. The van der Waals surface area contributed by atoms with Crippen LogP contribution < -0.4 is 14.9 Å². The normalized spacial score (nSPS) is 10.3. The van der Waals surface area contributed by atoms with Crippen molar-refractivity contribution < 1.29 is 9.47 Å². The Morgan fingerprint density at radius 2 is 2.04 bits per heavy atom. The van der Waals surface area contributed by atoms with Crippen LogP contribution in [0.3, 0.4) is 0 Å². The van der Waals surface area contributed by atoms with Crippen LogP contribution in [0, 0.1) is 19.3 Å². The van der Waals surface area contributed by atoms with Crippen molar-refractivity contribution in [1.29, 1.82) is 0 Å². The molecule has 0 atom stereocenters. The third kappa shape index (κ3) is 4.67. The Hall–Kier alpha value is -2.64. The first-order valence-corrected chi connectivity index (χ1v) is 7.31. The van der Waals surface area contributed by atoms with E-state index in [2.05, 4.69) is 16.4 Å². The van der Waals surface area contributed by atoms with Crippen LogP contribution in [0.1, 0.15) is 11.1 Å². The van der Waals surface area contributed by atoms with Crippen LogP contribution in [0.15, 0.2) is 41.5 Å². The van der Waals surface area contributed by atoms with Crippen molar-refractivity contribution in [3.05, 3.63) is 52.5 Å². The van der Waals surface area contributed by atoms with Crippen LogP contribution >= 0.6 is 11.6 Å². The summed E-state index contributed by atoms with van der Waals surface area (Å²) in [6, 6.07) is 11.4. The third-order valence-corrected chi connectivity index (χ3v) is 3.29. The molecule has 2 rings (SSSR count). The highest BCUT2D eigenvalue weighted by molar-refractivity contribution is 6.32. The number of nitrogens with one attached hydrogen (secondary N) is 1. The van der Waals surface area contributed by atoms with Crippen molar-refractivity contribution in [2.24, 2.45) is 5.10 Å². The highest BCUT2D eigenvalue weighted by Gasteiger charge is 2.11. The maximum absolute atomic E-state index is 6.21. The fraction of sp³-hybridized carbons (Fsp3) is 0.167. The minimum absolute atomic E-state index is 0.124. The van der Waals surface area contributed by atoms with Gasteiger partial charge < -0.3 is 9.47 Å². The third-order valence-electron chi connectivity index (χ3n) is 3.01. The molecule has 4 nitrogen and oxygen atoms in total. The summed E-state index contributed by atoms with van der Waals surface area (Å²) < 4.78 is 10.7. The van der Waals surface area contributed by atoms with E-state index < -0.39 is 0 Å². The fourth-order valence-electron chi connectivity index (χ4n) is 1.88. The molecule has 0 aliphatic rings. The molecule has 0 aliphatic heterocycles. The lowest BCUT2D eigenvalue weighted by Crippen LogP contribution is -1.99. The number of anilines is 1. The Kier molecular flexibility index (Phi) is 5.90. The van der Waals surface area contributed by atoms with Crippen LogP contribution in [-0.4, -0.2) is 19.9 Å². The fourth-order valence-corrected chi connectivity index (χ4v) is 2.15. The molecule has 0 amide bonds. The molecule has 2 aromatic rings. The van der Waals surface area contributed by atoms with Gasteiger partial charge in [-0.1, -0.05) is 35.2 Å². The molecule has 0 heterocycles. The smallest absolute Gasteiger partial charge is 0.181 e. The van der Waals surface area contributed by atoms with Gasteiger partial charge in [0.1, 0.15) is 6.61 Å². The van der Waals surface area contributed by atoms with Gasteiger partial charge in [0, 0.05) is 0 Å². The number of benzene rings is 2. The molecule has 0 fully saturated rings. The van der Waals surface area contributed by atoms with Gasteiger partial charge in [-0.05, 0) is 36.8 Å². The van der Waals surface area contributed by atoms with Gasteiger partial charge in [0.25, 0.3) is 0 Å². The molecule has 0 saturated carbocycles. The summed E-state index contributed by atoms with van der Waals surface area (Å²) in [6.45, 7) is 2.16. The average molecular weight is 329 g/mol. The lowest BCUT2D eigenvalue weighted by Gasteiger charge is -2.11. The van der Waals surface area contributed by atoms with Gasteiger partial charge in [0.15, 0.2) is 11.5 Å². The van der Waals surface area contributed by atoms with Crippen molar-refractivity contribution in [1.82, 2.24) is 0 Å².